The minimum absolute atomic E-state index is 0. The number of hydrogen-bond donors (Lipinski definition) is 3. The third-order valence-electron chi connectivity index (χ3n) is 7.47. The molecule has 10 heteroatoms. The van der Waals surface area contributed by atoms with Crippen LogP contribution in [0.25, 0.3) is 39.1 Å². The van der Waals surface area contributed by atoms with Gasteiger partial charge in [-0.05, 0) is 48.7 Å². The van der Waals surface area contributed by atoms with E-state index in [2.05, 4.69) is 14.9 Å². The van der Waals surface area contributed by atoms with Crippen LogP contribution in [0.5, 0.6) is 0 Å². The van der Waals surface area contributed by atoms with Gasteiger partial charge in [0.1, 0.15) is 18.1 Å². The van der Waals surface area contributed by atoms with E-state index in [1.165, 1.54) is 19.3 Å². The van der Waals surface area contributed by atoms with Crippen molar-refractivity contribution in [3.63, 3.8) is 0 Å². The van der Waals surface area contributed by atoms with E-state index in [0.29, 0.717) is 22.8 Å². The van der Waals surface area contributed by atoms with Gasteiger partial charge < -0.3 is 30.1 Å². The number of furan rings is 1. The summed E-state index contributed by atoms with van der Waals surface area (Å²) in [4.78, 5) is 33.3. The van der Waals surface area contributed by atoms with E-state index in [0.717, 1.165) is 46.2 Å². The van der Waals surface area contributed by atoms with Crippen LogP contribution >= 0.6 is 0 Å². The maximum Gasteiger partial charge on any atom is 0.326 e. The number of carbonyl (C=O) groups excluding carboxylic acids is 1. The van der Waals surface area contributed by atoms with Gasteiger partial charge in [-0.1, -0.05) is 31.4 Å². The molecule has 5 aromatic rings. The van der Waals surface area contributed by atoms with Crippen molar-refractivity contribution in [3.8, 4) is 11.4 Å². The van der Waals surface area contributed by atoms with Crippen molar-refractivity contribution in [3.05, 3.63) is 78.0 Å². The molecule has 1 aliphatic rings. The van der Waals surface area contributed by atoms with Crippen LogP contribution in [-0.4, -0.2) is 37.6 Å². The summed E-state index contributed by atoms with van der Waals surface area (Å²) in [6.07, 6.45) is 10.9. The summed E-state index contributed by atoms with van der Waals surface area (Å²) >= 11 is 0. The molecular formula is C29H28N5O4W-. The second-order valence-corrected chi connectivity index (χ2v) is 9.96. The summed E-state index contributed by atoms with van der Waals surface area (Å²) < 4.78 is 7.59. The van der Waals surface area contributed by atoms with Gasteiger partial charge in [-0.25, -0.2) is 9.78 Å². The normalized spacial score (nSPS) is 14.8. The fraction of sp³-hybridized carbons (Fsp3) is 0.276. The van der Waals surface area contributed by atoms with Crippen LogP contribution in [-0.2, 0) is 32.3 Å². The van der Waals surface area contributed by atoms with E-state index >= 15 is 0 Å². The molecule has 0 radical (unpaired) electrons. The number of hydrogen-bond acceptors (Lipinski definition) is 4. The predicted octanol–water partition coefficient (Wildman–Crippen LogP) is 6.39. The number of carboxylic acids is 1. The predicted molar refractivity (Wildman–Crippen MR) is 144 cm³/mol. The van der Waals surface area contributed by atoms with Crippen LogP contribution < -0.4 is 5.32 Å². The molecule has 1 aliphatic carbocycles. The zero-order valence-electron chi connectivity index (χ0n) is 21.1. The molecule has 0 unspecified atom stereocenters. The van der Waals surface area contributed by atoms with Crippen molar-refractivity contribution in [2.75, 3.05) is 0 Å². The zero-order valence-corrected chi connectivity index (χ0v) is 24.1. The van der Waals surface area contributed by atoms with Gasteiger partial charge >= 0.3 is 5.97 Å². The number of nitrogens with zero attached hydrogens (tertiary/aromatic N) is 2. The number of aromatic nitrogens is 3. The van der Waals surface area contributed by atoms with Gasteiger partial charge in [-0.2, -0.15) is 0 Å². The first kappa shape index (κ1) is 26.8. The number of imidazole rings is 1. The summed E-state index contributed by atoms with van der Waals surface area (Å²) in [5.74, 6) is -0.785. The molecule has 2 aromatic carbocycles. The van der Waals surface area contributed by atoms with E-state index in [1.54, 1.807) is 49.1 Å². The fourth-order valence-electron chi connectivity index (χ4n) is 5.55. The minimum atomic E-state index is -1.13. The van der Waals surface area contributed by atoms with Crippen molar-refractivity contribution in [2.45, 2.75) is 50.6 Å². The Morgan fingerprint density at radius 3 is 2.72 bits per heavy atom. The first-order valence-electron chi connectivity index (χ1n) is 12.9. The van der Waals surface area contributed by atoms with Gasteiger partial charge in [0.25, 0.3) is 5.91 Å². The molecule has 3 aromatic heterocycles. The van der Waals surface area contributed by atoms with Crippen molar-refractivity contribution < 1.29 is 40.2 Å². The minimum Gasteiger partial charge on any atom is -0.699 e. The Labute approximate surface area is 239 Å². The first-order valence-corrected chi connectivity index (χ1v) is 12.9. The Kier molecular flexibility index (Phi) is 7.62. The third-order valence-corrected chi connectivity index (χ3v) is 7.47. The van der Waals surface area contributed by atoms with E-state index in [4.69, 9.17) is 15.1 Å². The number of amides is 1. The molecule has 200 valence electrons. The van der Waals surface area contributed by atoms with Crippen LogP contribution in [0.15, 0.2) is 65.6 Å². The number of fused-ring (bicyclic) bond motifs is 2. The Hall–Kier alpha value is -3.84. The largest absolute Gasteiger partial charge is 0.699 e. The van der Waals surface area contributed by atoms with Gasteiger partial charge in [0.15, 0.2) is 0 Å². The monoisotopic (exact) mass is 694 g/mol. The Morgan fingerprint density at radius 2 is 1.97 bits per heavy atom. The summed E-state index contributed by atoms with van der Waals surface area (Å²) in [5, 5.41) is 13.3. The van der Waals surface area contributed by atoms with Gasteiger partial charge in [-0.15, -0.1) is 5.69 Å². The quantitative estimate of drug-likeness (QED) is 0.182. The standard InChI is InChI=1S/C29H28N5O4.W/c30-20-7-8-23-22(14-20)19(15-31-23)13-25(29(36)37)33-28(35)17-6-9-26-24(12-17)32-27(18-10-11-38-16-18)34(26)21-4-2-1-3-5-21;/h6-12,14-16,21,25,30-31H,1-5,13H2,(H,33,35)(H,36,37);/q-1;/t25-;/m0./s1. The number of aliphatic carboxylic acids is 1. The number of benzene rings is 2. The summed E-state index contributed by atoms with van der Waals surface area (Å²) in [6, 6.07) is 11.6. The van der Waals surface area contributed by atoms with E-state index in [1.807, 2.05) is 12.1 Å². The SMILES string of the molecule is [NH-]c1ccc2[nH]cc(C[C@H](NC(=O)c3ccc4c(c3)nc(-c3ccoc3)n4C3CCCCC3)C(=O)O)c2c1.[W]. The van der Waals surface area contributed by atoms with Gasteiger partial charge in [-0.3, -0.25) is 4.79 Å². The molecule has 6 rings (SSSR count). The number of nitrogens with one attached hydrogen (secondary N) is 3. The number of aromatic amines is 1. The molecule has 0 saturated heterocycles. The maximum absolute atomic E-state index is 13.2. The van der Waals surface area contributed by atoms with Crippen molar-refractivity contribution in [2.24, 2.45) is 0 Å². The third kappa shape index (κ3) is 5.23. The molecule has 9 nitrogen and oxygen atoms in total. The number of carboxylic acid groups (broad SMARTS) is 1. The van der Waals surface area contributed by atoms with Gasteiger partial charge in [0.05, 0.1) is 22.9 Å². The summed E-state index contributed by atoms with van der Waals surface area (Å²) in [6.45, 7) is 0. The number of H-pyrrole nitrogens is 1. The molecule has 3 heterocycles. The van der Waals surface area contributed by atoms with Crippen molar-refractivity contribution >= 4 is 39.5 Å². The van der Waals surface area contributed by atoms with Crippen LogP contribution in [0, 0.1) is 0 Å². The molecule has 39 heavy (non-hydrogen) atoms. The Morgan fingerprint density at radius 1 is 1.15 bits per heavy atom. The van der Waals surface area contributed by atoms with E-state index < -0.39 is 17.9 Å². The second-order valence-electron chi connectivity index (χ2n) is 9.96. The van der Waals surface area contributed by atoms with E-state index in [9.17, 15) is 14.7 Å². The Balaban J connectivity index is 0.00000308. The maximum atomic E-state index is 13.2. The summed E-state index contributed by atoms with van der Waals surface area (Å²) in [5.41, 5.74) is 12.6. The molecule has 1 saturated carbocycles. The molecule has 4 N–H and O–H groups in total. The number of carbonyl (C=O) groups is 2. The molecule has 1 atom stereocenters. The van der Waals surface area contributed by atoms with Crippen molar-refractivity contribution in [1.82, 2.24) is 19.9 Å². The smallest absolute Gasteiger partial charge is 0.326 e. The van der Waals surface area contributed by atoms with Gasteiger partial charge in [0.2, 0.25) is 0 Å². The fourth-order valence-corrected chi connectivity index (χ4v) is 5.55. The van der Waals surface area contributed by atoms with Crippen LogP contribution in [0.1, 0.15) is 54.1 Å². The number of rotatable bonds is 7. The molecular weight excluding hydrogens is 666 g/mol. The zero-order chi connectivity index (χ0) is 26.2. The molecule has 1 amide bonds. The van der Waals surface area contributed by atoms with Gasteiger partial charge in [0, 0.05) is 56.2 Å². The molecule has 0 aliphatic heterocycles. The topological polar surface area (TPSA) is 137 Å². The van der Waals surface area contributed by atoms with E-state index in [-0.39, 0.29) is 27.5 Å². The molecule has 1 fully saturated rings. The van der Waals surface area contributed by atoms with Crippen LogP contribution in [0.2, 0.25) is 0 Å². The van der Waals surface area contributed by atoms with Crippen LogP contribution in [0.4, 0.5) is 5.69 Å². The van der Waals surface area contributed by atoms with Crippen LogP contribution in [0.3, 0.4) is 0 Å². The molecule has 0 bridgehead atoms. The molecule has 0 spiro atoms. The second kappa shape index (κ2) is 11.1. The average molecular weight is 694 g/mol. The van der Waals surface area contributed by atoms with Crippen molar-refractivity contribution in [1.29, 1.82) is 0 Å². The Bertz CT molecular complexity index is 1630. The first-order chi connectivity index (χ1) is 18.5. The summed E-state index contributed by atoms with van der Waals surface area (Å²) in [7, 11) is 0. The average Bonchev–Trinajstić information content (AvgIpc) is 3.67.